The van der Waals surface area contributed by atoms with Crippen LogP contribution in [0.5, 0.6) is 0 Å². The van der Waals surface area contributed by atoms with Gasteiger partial charge < -0.3 is 10.2 Å². The quantitative estimate of drug-likeness (QED) is 0.741. The number of amides is 1. The molecule has 2 fully saturated rings. The highest BCUT2D eigenvalue weighted by atomic mass is 35.5. The Morgan fingerprint density at radius 1 is 1.33 bits per heavy atom. The lowest BCUT2D eigenvalue weighted by molar-refractivity contribution is -0.135. The summed E-state index contributed by atoms with van der Waals surface area (Å²) in [6.07, 6.45) is 2.75. The van der Waals surface area contributed by atoms with E-state index < -0.39 is 0 Å². The van der Waals surface area contributed by atoms with Gasteiger partial charge in [0.1, 0.15) is 6.04 Å². The highest BCUT2D eigenvalue weighted by Crippen LogP contribution is 2.29. The van der Waals surface area contributed by atoms with Gasteiger partial charge in [0.15, 0.2) is 0 Å². The lowest BCUT2D eigenvalue weighted by Crippen LogP contribution is -2.50. The Bertz CT molecular complexity index is 551. The number of halogens is 2. The maximum absolute atomic E-state index is 12.9. The molecule has 0 saturated carbocycles. The highest BCUT2D eigenvalue weighted by Gasteiger charge is 2.36. The molecule has 2 aliphatic rings. The number of carbonyl (C=O) groups is 1. The summed E-state index contributed by atoms with van der Waals surface area (Å²) in [4.78, 5) is 15.0. The summed E-state index contributed by atoms with van der Waals surface area (Å²) in [7, 11) is 0. The Labute approximate surface area is 154 Å². The molecule has 3 unspecified atom stereocenters. The molecular formula is C17H26Cl2N4O. The molecule has 2 heterocycles. The average Bonchev–Trinajstić information content (AvgIpc) is 3.24. The maximum atomic E-state index is 12.9. The van der Waals surface area contributed by atoms with Gasteiger partial charge in [-0.2, -0.15) is 0 Å². The van der Waals surface area contributed by atoms with E-state index in [9.17, 15) is 4.79 Å². The molecule has 0 aliphatic carbocycles. The van der Waals surface area contributed by atoms with Gasteiger partial charge in [0, 0.05) is 30.2 Å². The monoisotopic (exact) mass is 372 g/mol. The van der Waals surface area contributed by atoms with Crippen molar-refractivity contribution in [1.82, 2.24) is 21.1 Å². The summed E-state index contributed by atoms with van der Waals surface area (Å²) in [6, 6.07) is 8.01. The van der Waals surface area contributed by atoms with Gasteiger partial charge in [0.05, 0.1) is 0 Å². The predicted octanol–water partition coefficient (Wildman–Crippen LogP) is 2.27. The molecule has 2 aliphatic heterocycles. The number of hydrogen-bond acceptors (Lipinski definition) is 4. The second-order valence-corrected chi connectivity index (χ2v) is 6.74. The maximum Gasteiger partial charge on any atom is 0.241 e. The van der Waals surface area contributed by atoms with Crippen LogP contribution in [-0.2, 0) is 4.79 Å². The minimum Gasteiger partial charge on any atom is -0.337 e. The molecule has 5 nitrogen and oxygen atoms in total. The first kappa shape index (κ1) is 19.5. The van der Waals surface area contributed by atoms with Crippen LogP contribution in [0.4, 0.5) is 0 Å². The molecule has 0 spiro atoms. The number of nitrogens with one attached hydrogen (secondary N) is 3. The molecule has 3 rings (SSSR count). The Morgan fingerprint density at radius 3 is 2.79 bits per heavy atom. The largest absolute Gasteiger partial charge is 0.337 e. The van der Waals surface area contributed by atoms with Crippen LogP contribution in [-0.4, -0.2) is 42.5 Å². The van der Waals surface area contributed by atoms with Crippen molar-refractivity contribution in [3.05, 3.63) is 34.9 Å². The number of carbonyl (C=O) groups excluding carboxylic acids is 1. The summed E-state index contributed by atoms with van der Waals surface area (Å²) in [5.74, 6) is 0.197. The van der Waals surface area contributed by atoms with Crippen molar-refractivity contribution in [2.75, 3.05) is 19.6 Å². The van der Waals surface area contributed by atoms with Crippen LogP contribution in [0.3, 0.4) is 0 Å². The van der Waals surface area contributed by atoms with Gasteiger partial charge >= 0.3 is 0 Å². The van der Waals surface area contributed by atoms with Crippen molar-refractivity contribution in [3.8, 4) is 0 Å². The lowest BCUT2D eigenvalue weighted by Gasteiger charge is -2.30. The van der Waals surface area contributed by atoms with E-state index in [0.717, 1.165) is 49.5 Å². The van der Waals surface area contributed by atoms with Crippen molar-refractivity contribution in [1.29, 1.82) is 0 Å². The molecular weight excluding hydrogens is 347 g/mol. The van der Waals surface area contributed by atoms with Crippen molar-refractivity contribution in [2.45, 2.75) is 44.3 Å². The number of hydrazine groups is 1. The van der Waals surface area contributed by atoms with Crippen LogP contribution in [0, 0.1) is 0 Å². The van der Waals surface area contributed by atoms with E-state index in [2.05, 4.69) is 23.1 Å². The van der Waals surface area contributed by atoms with E-state index in [1.54, 1.807) is 0 Å². The van der Waals surface area contributed by atoms with Crippen molar-refractivity contribution < 1.29 is 4.79 Å². The molecule has 2 saturated heterocycles. The van der Waals surface area contributed by atoms with E-state index >= 15 is 0 Å². The summed E-state index contributed by atoms with van der Waals surface area (Å²) < 4.78 is 0. The van der Waals surface area contributed by atoms with Crippen LogP contribution in [0.15, 0.2) is 24.3 Å². The topological polar surface area (TPSA) is 56.4 Å². The SMILES string of the molecule is CCCN(C(=O)C1CC(c2ccccc2Cl)NN1)C1CCNC1.Cl. The third-order valence-electron chi connectivity index (χ3n) is 4.70. The summed E-state index contributed by atoms with van der Waals surface area (Å²) in [6.45, 7) is 4.84. The van der Waals surface area contributed by atoms with E-state index in [1.165, 1.54) is 0 Å². The second kappa shape index (κ2) is 9.02. The van der Waals surface area contributed by atoms with E-state index in [1.807, 2.05) is 29.2 Å². The number of benzene rings is 1. The average molecular weight is 373 g/mol. The Hall–Kier alpha value is -0.850. The van der Waals surface area contributed by atoms with Gasteiger partial charge in [-0.1, -0.05) is 36.7 Å². The minimum absolute atomic E-state index is 0. The molecule has 3 atom stereocenters. The Balaban J connectivity index is 0.00000208. The minimum atomic E-state index is -0.191. The van der Waals surface area contributed by atoms with Gasteiger partial charge in [-0.25, -0.2) is 10.9 Å². The standard InChI is InChI=1S/C17H25ClN4O.ClH/c1-2-9-22(12-7-8-19-11-12)17(23)16-10-15(20-21-16)13-5-3-4-6-14(13)18;/h3-6,12,15-16,19-21H,2,7-11H2,1H3;1H. The molecule has 1 aromatic rings. The van der Waals surface area contributed by atoms with Crippen molar-refractivity contribution >= 4 is 29.9 Å². The van der Waals surface area contributed by atoms with Crippen LogP contribution in [0.2, 0.25) is 5.02 Å². The van der Waals surface area contributed by atoms with E-state index in [4.69, 9.17) is 11.6 Å². The normalized spacial score (nSPS) is 26.2. The molecule has 0 bridgehead atoms. The van der Waals surface area contributed by atoms with Gasteiger partial charge in [-0.3, -0.25) is 4.79 Å². The Morgan fingerprint density at radius 2 is 2.12 bits per heavy atom. The fourth-order valence-corrected chi connectivity index (χ4v) is 3.77. The zero-order valence-corrected chi connectivity index (χ0v) is 15.5. The van der Waals surface area contributed by atoms with Crippen molar-refractivity contribution in [3.63, 3.8) is 0 Å². The molecule has 7 heteroatoms. The van der Waals surface area contributed by atoms with Crippen LogP contribution in [0.1, 0.15) is 37.8 Å². The lowest BCUT2D eigenvalue weighted by atomic mass is 10.0. The van der Waals surface area contributed by atoms with Gasteiger partial charge in [-0.05, 0) is 37.4 Å². The van der Waals surface area contributed by atoms with Gasteiger partial charge in [0.2, 0.25) is 5.91 Å². The fraction of sp³-hybridized carbons (Fsp3) is 0.588. The summed E-state index contributed by atoms with van der Waals surface area (Å²) in [5, 5.41) is 4.09. The van der Waals surface area contributed by atoms with E-state index in [-0.39, 0.29) is 30.4 Å². The second-order valence-electron chi connectivity index (χ2n) is 6.33. The molecule has 0 radical (unpaired) electrons. The smallest absolute Gasteiger partial charge is 0.241 e. The molecule has 24 heavy (non-hydrogen) atoms. The molecule has 134 valence electrons. The zero-order chi connectivity index (χ0) is 16.2. The first-order chi connectivity index (χ1) is 11.2. The van der Waals surface area contributed by atoms with Crippen LogP contribution in [0.25, 0.3) is 0 Å². The third kappa shape index (κ3) is 4.21. The van der Waals surface area contributed by atoms with Crippen molar-refractivity contribution in [2.24, 2.45) is 0 Å². The first-order valence-electron chi connectivity index (χ1n) is 8.47. The van der Waals surface area contributed by atoms with Crippen LogP contribution >= 0.6 is 24.0 Å². The number of nitrogens with zero attached hydrogens (tertiary/aromatic N) is 1. The molecule has 1 amide bonds. The molecule has 3 N–H and O–H groups in total. The fourth-order valence-electron chi connectivity index (χ4n) is 3.50. The van der Waals surface area contributed by atoms with Gasteiger partial charge in [0.25, 0.3) is 0 Å². The summed E-state index contributed by atoms with van der Waals surface area (Å²) >= 11 is 6.28. The predicted molar refractivity (Wildman–Crippen MR) is 99.4 cm³/mol. The zero-order valence-electron chi connectivity index (χ0n) is 13.9. The number of hydrogen-bond donors (Lipinski definition) is 3. The molecule has 1 aromatic carbocycles. The third-order valence-corrected chi connectivity index (χ3v) is 5.05. The first-order valence-corrected chi connectivity index (χ1v) is 8.85. The summed E-state index contributed by atoms with van der Waals surface area (Å²) in [5.41, 5.74) is 7.45. The van der Waals surface area contributed by atoms with Crippen LogP contribution < -0.4 is 16.2 Å². The highest BCUT2D eigenvalue weighted by molar-refractivity contribution is 6.31. The van der Waals surface area contributed by atoms with Gasteiger partial charge in [-0.15, -0.1) is 12.4 Å². The Kier molecular flexibility index (Phi) is 7.32. The van der Waals surface area contributed by atoms with E-state index in [0.29, 0.717) is 6.04 Å². The molecule has 0 aromatic heterocycles. The number of rotatable bonds is 5.